The predicted molar refractivity (Wildman–Crippen MR) is 306 cm³/mol. The van der Waals surface area contributed by atoms with E-state index in [2.05, 4.69) is 167 Å². The quantitative estimate of drug-likeness (QED) is 0.0262. The van der Waals surface area contributed by atoms with E-state index in [-0.39, 0.29) is 31.6 Å². The summed E-state index contributed by atoms with van der Waals surface area (Å²) in [5.41, 5.74) is 0. The number of hydrogen-bond acceptors (Lipinski definition) is 6. The molecule has 0 aromatic rings. The normalized spacial score (nSPS) is 13.3. The topological polar surface area (TPSA) is 78.9 Å². The highest BCUT2D eigenvalue weighted by atomic mass is 16.6. The van der Waals surface area contributed by atoms with Gasteiger partial charge in [-0.1, -0.05) is 243 Å². The van der Waals surface area contributed by atoms with E-state index in [1.165, 1.54) is 32.1 Å². The fraction of sp³-hybridized carbons (Fsp3) is 0.554. The van der Waals surface area contributed by atoms with Crippen molar-refractivity contribution < 1.29 is 28.6 Å². The van der Waals surface area contributed by atoms with E-state index in [0.717, 1.165) is 135 Å². The van der Waals surface area contributed by atoms with E-state index in [0.29, 0.717) is 19.3 Å². The van der Waals surface area contributed by atoms with Crippen LogP contribution in [0.3, 0.4) is 0 Å². The molecule has 0 aliphatic rings. The summed E-state index contributed by atoms with van der Waals surface area (Å²) in [6, 6.07) is 0. The Bertz CT molecular complexity index is 1640. The van der Waals surface area contributed by atoms with Gasteiger partial charge in [-0.3, -0.25) is 14.4 Å². The fourth-order valence-electron chi connectivity index (χ4n) is 6.94. The lowest BCUT2D eigenvalue weighted by Crippen LogP contribution is -2.30. The molecule has 0 aromatic heterocycles. The average molecular weight is 978 g/mol. The van der Waals surface area contributed by atoms with E-state index >= 15 is 0 Å². The minimum atomic E-state index is -0.838. The lowest BCUT2D eigenvalue weighted by Gasteiger charge is -2.18. The molecule has 0 rings (SSSR count). The van der Waals surface area contributed by atoms with Crippen LogP contribution in [0.25, 0.3) is 0 Å². The summed E-state index contributed by atoms with van der Waals surface area (Å²) in [6.07, 6.45) is 84.5. The number of unbranched alkanes of at least 4 members (excludes halogenated alkanes) is 12. The predicted octanol–water partition coefficient (Wildman–Crippen LogP) is 19.0. The highest BCUT2D eigenvalue weighted by Crippen LogP contribution is 2.13. The van der Waals surface area contributed by atoms with E-state index in [1.807, 2.05) is 6.08 Å². The maximum absolute atomic E-state index is 12.7. The van der Waals surface area contributed by atoms with Gasteiger partial charge >= 0.3 is 17.9 Å². The third kappa shape index (κ3) is 55.8. The van der Waals surface area contributed by atoms with Crippen molar-refractivity contribution in [2.24, 2.45) is 0 Å². The lowest BCUT2D eigenvalue weighted by atomic mass is 10.1. The standard InChI is InChI=1S/C65H100O6/c1-4-7-10-13-15-17-19-21-23-24-25-26-27-28-29-30-31-32-33-34-35-36-37-38-39-40-42-43-45-47-49-52-55-58-64(67)70-61-62(60-69-63(66)57-54-51-12-9-6-3)71-65(68)59-56-53-50-48-46-44-41-22-20-18-16-14-11-8-5-2/h7-8,10-11,15-18,21-23,25-26,28-29,31-32,34-35,37-38,41,46,48,53,56,62H,4-6,9,12-14,19-20,24,27,30,33,36,39-40,42-45,47,49-52,54-55,57-61H2,1-3H3/b10-7-,11-8-,17-15-,18-16-,23-21-,26-25-,29-28-,32-31-,35-34-,38-37-,41-22-,48-46-,56-53-. The van der Waals surface area contributed by atoms with Crippen molar-refractivity contribution in [3.8, 4) is 0 Å². The molecule has 0 saturated heterocycles. The Morgan fingerprint density at radius 2 is 0.592 bits per heavy atom. The van der Waals surface area contributed by atoms with Gasteiger partial charge in [0, 0.05) is 12.8 Å². The van der Waals surface area contributed by atoms with Gasteiger partial charge in [0.2, 0.25) is 0 Å². The Morgan fingerprint density at radius 1 is 0.310 bits per heavy atom. The van der Waals surface area contributed by atoms with Crippen molar-refractivity contribution in [3.63, 3.8) is 0 Å². The zero-order valence-electron chi connectivity index (χ0n) is 45.2. The highest BCUT2D eigenvalue weighted by Gasteiger charge is 2.19. The number of carbonyl (C=O) groups is 3. The van der Waals surface area contributed by atoms with Gasteiger partial charge in [0.25, 0.3) is 0 Å². The number of rotatable bonds is 48. The van der Waals surface area contributed by atoms with Gasteiger partial charge in [-0.05, 0) is 109 Å². The zero-order chi connectivity index (χ0) is 51.4. The lowest BCUT2D eigenvalue weighted by molar-refractivity contribution is -0.166. The van der Waals surface area contributed by atoms with Crippen LogP contribution < -0.4 is 0 Å². The molecule has 0 fully saturated rings. The molecule has 0 spiro atoms. The van der Waals surface area contributed by atoms with Crippen molar-refractivity contribution >= 4 is 17.9 Å². The Labute approximate surface area is 435 Å². The second-order valence-corrected chi connectivity index (χ2v) is 17.8. The second kappa shape index (κ2) is 57.6. The molecule has 0 bridgehead atoms. The molecule has 0 N–H and O–H groups in total. The van der Waals surface area contributed by atoms with Crippen molar-refractivity contribution in [1.29, 1.82) is 0 Å². The Balaban J connectivity index is 4.17. The molecule has 0 amide bonds. The van der Waals surface area contributed by atoms with Gasteiger partial charge in [0.1, 0.15) is 13.2 Å². The smallest absolute Gasteiger partial charge is 0.310 e. The van der Waals surface area contributed by atoms with Gasteiger partial charge in [-0.15, -0.1) is 0 Å². The first kappa shape index (κ1) is 66.0. The summed E-state index contributed by atoms with van der Waals surface area (Å²) in [5.74, 6) is -1.09. The molecule has 1 unspecified atom stereocenters. The number of carbonyl (C=O) groups excluding carboxylic acids is 3. The minimum absolute atomic E-state index is 0.0888. The van der Waals surface area contributed by atoms with Crippen LogP contribution in [0.5, 0.6) is 0 Å². The van der Waals surface area contributed by atoms with Crippen LogP contribution in [0.15, 0.2) is 158 Å². The van der Waals surface area contributed by atoms with Crippen LogP contribution >= 0.6 is 0 Å². The largest absolute Gasteiger partial charge is 0.462 e. The first-order valence-corrected chi connectivity index (χ1v) is 28.0. The summed E-state index contributed by atoms with van der Waals surface area (Å²) in [5, 5.41) is 0. The molecule has 0 heterocycles. The molecule has 0 aliphatic heterocycles. The van der Waals surface area contributed by atoms with Crippen LogP contribution in [0.1, 0.15) is 213 Å². The van der Waals surface area contributed by atoms with Gasteiger partial charge in [0.15, 0.2) is 6.10 Å². The van der Waals surface area contributed by atoms with Gasteiger partial charge in [0.05, 0.1) is 6.42 Å². The summed E-state index contributed by atoms with van der Waals surface area (Å²) in [7, 11) is 0. The van der Waals surface area contributed by atoms with Crippen LogP contribution in [-0.4, -0.2) is 37.2 Å². The van der Waals surface area contributed by atoms with Crippen LogP contribution in [-0.2, 0) is 28.6 Å². The first-order valence-electron chi connectivity index (χ1n) is 28.0. The first-order chi connectivity index (χ1) is 35.0. The molecule has 1 atom stereocenters. The third-order valence-corrected chi connectivity index (χ3v) is 11.1. The average Bonchev–Trinajstić information content (AvgIpc) is 3.37. The second-order valence-electron chi connectivity index (χ2n) is 17.8. The Hall–Kier alpha value is -4.97. The fourth-order valence-corrected chi connectivity index (χ4v) is 6.94. The van der Waals surface area contributed by atoms with Crippen LogP contribution in [0.4, 0.5) is 0 Å². The monoisotopic (exact) mass is 977 g/mol. The van der Waals surface area contributed by atoms with Crippen LogP contribution in [0, 0.1) is 0 Å². The van der Waals surface area contributed by atoms with E-state index in [9.17, 15) is 14.4 Å². The van der Waals surface area contributed by atoms with Gasteiger partial charge < -0.3 is 14.2 Å². The zero-order valence-corrected chi connectivity index (χ0v) is 45.2. The SMILES string of the molecule is CC/C=C\C/C=C\C/C=C\C/C=C\C/C=C\C/C=C\C/C=C\C/C=C\CCCCCCCCCCC(=O)OCC(COC(=O)CCCCCCC)OC(=O)C/C=C\C/C=C\C/C=C\C/C=C\C/C=C\CC. The summed E-state index contributed by atoms with van der Waals surface area (Å²) >= 11 is 0. The van der Waals surface area contributed by atoms with E-state index in [4.69, 9.17) is 14.2 Å². The minimum Gasteiger partial charge on any atom is -0.462 e. The molecule has 0 aliphatic carbocycles. The van der Waals surface area contributed by atoms with Crippen molar-refractivity contribution in [2.75, 3.05) is 13.2 Å². The van der Waals surface area contributed by atoms with Crippen molar-refractivity contribution in [1.82, 2.24) is 0 Å². The molecule has 0 aromatic carbocycles. The Kier molecular flexibility index (Phi) is 53.6. The van der Waals surface area contributed by atoms with Crippen molar-refractivity contribution in [3.05, 3.63) is 158 Å². The number of hydrogen-bond donors (Lipinski definition) is 0. The molecule has 71 heavy (non-hydrogen) atoms. The Morgan fingerprint density at radius 3 is 0.930 bits per heavy atom. The maximum Gasteiger partial charge on any atom is 0.310 e. The van der Waals surface area contributed by atoms with E-state index < -0.39 is 12.1 Å². The number of esters is 3. The van der Waals surface area contributed by atoms with Crippen LogP contribution in [0.2, 0.25) is 0 Å². The highest BCUT2D eigenvalue weighted by molar-refractivity contribution is 5.72. The maximum atomic E-state index is 12.7. The third-order valence-electron chi connectivity index (χ3n) is 11.1. The summed E-state index contributed by atoms with van der Waals surface area (Å²) in [6.45, 7) is 6.20. The molecule has 6 heteroatoms. The summed E-state index contributed by atoms with van der Waals surface area (Å²) in [4.78, 5) is 37.6. The van der Waals surface area contributed by atoms with E-state index in [1.54, 1.807) is 6.08 Å². The van der Waals surface area contributed by atoms with Crippen molar-refractivity contribution in [2.45, 2.75) is 219 Å². The molecule has 0 radical (unpaired) electrons. The molecular formula is C65H100O6. The molecular weight excluding hydrogens is 877 g/mol. The number of ether oxygens (including phenoxy) is 3. The number of allylic oxidation sites excluding steroid dienone is 25. The summed E-state index contributed by atoms with van der Waals surface area (Å²) < 4.78 is 16.5. The van der Waals surface area contributed by atoms with Gasteiger partial charge in [-0.2, -0.15) is 0 Å². The van der Waals surface area contributed by atoms with Gasteiger partial charge in [-0.25, -0.2) is 0 Å². The molecule has 6 nitrogen and oxygen atoms in total. The molecule has 396 valence electrons. The molecule has 0 saturated carbocycles.